The van der Waals surface area contributed by atoms with Crippen LogP contribution in [0.4, 0.5) is 11.4 Å². The molecule has 1 unspecified atom stereocenters. The number of halogens is 1. The number of nitrogens with zero attached hydrogens (tertiary/aromatic N) is 2. The zero-order valence-corrected chi connectivity index (χ0v) is 11.8. The number of piperidine rings is 1. The summed E-state index contributed by atoms with van der Waals surface area (Å²) in [5.41, 5.74) is 1.75. The second kappa shape index (κ2) is 5.75. The molecule has 5 nitrogen and oxygen atoms in total. The van der Waals surface area contributed by atoms with Gasteiger partial charge in [0.05, 0.1) is 21.7 Å². The number of nitro benzene ring substituents is 1. The highest BCUT2D eigenvalue weighted by Crippen LogP contribution is 2.35. The van der Waals surface area contributed by atoms with Crippen molar-refractivity contribution in [1.29, 1.82) is 0 Å². The zero-order valence-electron chi connectivity index (χ0n) is 11.1. The monoisotopic (exact) mass is 284 g/mol. The fraction of sp³-hybridized carbons (Fsp3) is 0.538. The minimum Gasteiger partial charge on any atom is -0.380 e. The lowest BCUT2D eigenvalue weighted by Crippen LogP contribution is -2.39. The van der Waals surface area contributed by atoms with Crippen LogP contribution < -0.4 is 4.90 Å². The Morgan fingerprint density at radius 3 is 2.84 bits per heavy atom. The van der Waals surface area contributed by atoms with Gasteiger partial charge in [-0.1, -0.05) is 11.6 Å². The van der Waals surface area contributed by atoms with Crippen LogP contribution in [-0.2, 0) is 4.74 Å². The molecular weight excluding hydrogens is 268 g/mol. The van der Waals surface area contributed by atoms with E-state index >= 15 is 0 Å². The number of hydrogen-bond acceptors (Lipinski definition) is 4. The third-order valence-corrected chi connectivity index (χ3v) is 3.77. The SMILES string of the molecule is COC1CCCN(c2c(C)cc([N+](=O)[O-])cc2Cl)C1. The molecule has 0 bridgehead atoms. The van der Waals surface area contributed by atoms with Gasteiger partial charge in [-0.15, -0.1) is 0 Å². The van der Waals surface area contributed by atoms with Crippen molar-refractivity contribution in [3.05, 3.63) is 32.8 Å². The van der Waals surface area contributed by atoms with E-state index in [0.29, 0.717) is 5.02 Å². The predicted molar refractivity (Wildman–Crippen MR) is 75.1 cm³/mol. The summed E-state index contributed by atoms with van der Waals surface area (Å²) in [5.74, 6) is 0. The minimum atomic E-state index is -0.420. The molecule has 6 heteroatoms. The van der Waals surface area contributed by atoms with Crippen molar-refractivity contribution < 1.29 is 9.66 Å². The van der Waals surface area contributed by atoms with Gasteiger partial charge in [-0.3, -0.25) is 10.1 Å². The summed E-state index contributed by atoms with van der Waals surface area (Å²) in [6, 6.07) is 2.98. The van der Waals surface area contributed by atoms with Gasteiger partial charge in [-0.25, -0.2) is 0 Å². The minimum absolute atomic E-state index is 0.0338. The number of methoxy groups -OCH3 is 1. The largest absolute Gasteiger partial charge is 0.380 e. The predicted octanol–water partition coefficient (Wildman–Crippen LogP) is 3.17. The molecule has 0 spiro atoms. The highest BCUT2D eigenvalue weighted by Gasteiger charge is 2.24. The Bertz CT molecular complexity index is 470. The molecule has 1 atom stereocenters. The van der Waals surface area contributed by atoms with Crippen molar-refractivity contribution >= 4 is 23.0 Å². The molecule has 1 aliphatic heterocycles. The summed E-state index contributed by atoms with van der Waals surface area (Å²) >= 11 is 6.22. The van der Waals surface area contributed by atoms with Crippen molar-refractivity contribution in [2.75, 3.05) is 25.1 Å². The molecule has 104 valence electrons. The van der Waals surface area contributed by atoms with E-state index in [1.807, 2.05) is 6.92 Å². The maximum Gasteiger partial charge on any atom is 0.271 e. The summed E-state index contributed by atoms with van der Waals surface area (Å²) < 4.78 is 5.39. The highest BCUT2D eigenvalue weighted by atomic mass is 35.5. The first-order chi connectivity index (χ1) is 9.02. The van der Waals surface area contributed by atoms with E-state index in [4.69, 9.17) is 16.3 Å². The van der Waals surface area contributed by atoms with Gasteiger partial charge in [0.15, 0.2) is 0 Å². The molecule has 2 rings (SSSR count). The Balaban J connectivity index is 2.31. The molecule has 0 saturated carbocycles. The fourth-order valence-corrected chi connectivity index (χ4v) is 2.94. The smallest absolute Gasteiger partial charge is 0.271 e. The Hall–Kier alpha value is -1.33. The van der Waals surface area contributed by atoms with E-state index in [2.05, 4.69) is 4.90 Å². The fourth-order valence-electron chi connectivity index (χ4n) is 2.56. The normalized spacial score (nSPS) is 19.5. The number of hydrogen-bond donors (Lipinski definition) is 0. The lowest BCUT2D eigenvalue weighted by molar-refractivity contribution is -0.384. The Kier molecular flexibility index (Phi) is 4.27. The van der Waals surface area contributed by atoms with Gasteiger partial charge < -0.3 is 9.64 Å². The van der Waals surface area contributed by atoms with Crippen LogP contribution in [0.2, 0.25) is 5.02 Å². The van der Waals surface area contributed by atoms with Crippen LogP contribution >= 0.6 is 11.6 Å². The van der Waals surface area contributed by atoms with Crippen molar-refractivity contribution in [2.45, 2.75) is 25.9 Å². The zero-order chi connectivity index (χ0) is 14.0. The molecule has 1 aromatic rings. The number of aryl methyl sites for hydroxylation is 1. The van der Waals surface area contributed by atoms with Crippen LogP contribution in [-0.4, -0.2) is 31.2 Å². The number of non-ortho nitro benzene ring substituents is 1. The molecule has 0 aromatic heterocycles. The van der Waals surface area contributed by atoms with E-state index < -0.39 is 4.92 Å². The quantitative estimate of drug-likeness (QED) is 0.632. The van der Waals surface area contributed by atoms with Crippen molar-refractivity contribution in [3.8, 4) is 0 Å². The highest BCUT2D eigenvalue weighted by molar-refractivity contribution is 6.33. The molecule has 1 fully saturated rings. The van der Waals surface area contributed by atoms with Crippen LogP contribution in [0.3, 0.4) is 0 Å². The molecule has 1 saturated heterocycles. The summed E-state index contributed by atoms with van der Waals surface area (Å²) in [6.07, 6.45) is 2.27. The third kappa shape index (κ3) is 2.98. The number of benzene rings is 1. The van der Waals surface area contributed by atoms with Gasteiger partial charge in [0.1, 0.15) is 0 Å². The van der Waals surface area contributed by atoms with Crippen LogP contribution in [0.5, 0.6) is 0 Å². The average molecular weight is 285 g/mol. The van der Waals surface area contributed by atoms with Gasteiger partial charge in [-0.2, -0.15) is 0 Å². The topological polar surface area (TPSA) is 55.6 Å². The number of ether oxygens (including phenoxy) is 1. The van der Waals surface area contributed by atoms with Crippen molar-refractivity contribution in [3.63, 3.8) is 0 Å². The molecule has 19 heavy (non-hydrogen) atoms. The molecule has 0 N–H and O–H groups in total. The number of nitro groups is 1. The lowest BCUT2D eigenvalue weighted by Gasteiger charge is -2.35. The van der Waals surface area contributed by atoms with Crippen LogP contribution in [0.1, 0.15) is 18.4 Å². The Morgan fingerprint density at radius 2 is 2.26 bits per heavy atom. The number of rotatable bonds is 3. The molecular formula is C13H17ClN2O3. The summed E-state index contributed by atoms with van der Waals surface area (Å²) in [5, 5.41) is 11.2. The van der Waals surface area contributed by atoms with E-state index in [1.54, 1.807) is 13.2 Å². The van der Waals surface area contributed by atoms with Crippen LogP contribution in [0, 0.1) is 17.0 Å². The van der Waals surface area contributed by atoms with E-state index in [0.717, 1.165) is 37.2 Å². The average Bonchev–Trinajstić information content (AvgIpc) is 2.38. The second-order valence-electron chi connectivity index (χ2n) is 4.80. The molecule has 1 aliphatic rings. The van der Waals surface area contributed by atoms with Crippen LogP contribution in [0.25, 0.3) is 0 Å². The summed E-state index contributed by atoms with van der Waals surface area (Å²) in [4.78, 5) is 12.5. The van der Waals surface area contributed by atoms with E-state index in [1.165, 1.54) is 6.07 Å². The summed E-state index contributed by atoms with van der Waals surface area (Å²) in [7, 11) is 1.71. The van der Waals surface area contributed by atoms with Gasteiger partial charge in [0.2, 0.25) is 0 Å². The molecule has 0 radical (unpaired) electrons. The van der Waals surface area contributed by atoms with Gasteiger partial charge in [-0.05, 0) is 25.3 Å². The van der Waals surface area contributed by atoms with Gasteiger partial charge in [0, 0.05) is 32.3 Å². The summed E-state index contributed by atoms with van der Waals surface area (Å²) in [6.45, 7) is 3.53. The molecule has 1 aromatic carbocycles. The lowest BCUT2D eigenvalue weighted by atomic mass is 10.1. The van der Waals surface area contributed by atoms with E-state index in [-0.39, 0.29) is 11.8 Å². The van der Waals surface area contributed by atoms with Crippen molar-refractivity contribution in [1.82, 2.24) is 0 Å². The first-order valence-corrected chi connectivity index (χ1v) is 6.63. The Morgan fingerprint density at radius 1 is 1.53 bits per heavy atom. The molecule has 1 heterocycles. The third-order valence-electron chi connectivity index (χ3n) is 3.48. The molecule has 0 amide bonds. The maximum atomic E-state index is 10.8. The second-order valence-corrected chi connectivity index (χ2v) is 5.20. The van der Waals surface area contributed by atoms with Crippen molar-refractivity contribution in [2.24, 2.45) is 0 Å². The number of anilines is 1. The molecule has 0 aliphatic carbocycles. The standard InChI is InChI=1S/C13H17ClN2O3/c1-9-6-10(16(17)18)7-12(14)13(9)15-5-3-4-11(8-15)19-2/h6-7,11H,3-5,8H2,1-2H3. The maximum absolute atomic E-state index is 10.8. The first kappa shape index (κ1) is 14.1. The Labute approximate surface area is 117 Å². The van der Waals surface area contributed by atoms with E-state index in [9.17, 15) is 10.1 Å². The van der Waals surface area contributed by atoms with Gasteiger partial charge in [0.25, 0.3) is 5.69 Å². The van der Waals surface area contributed by atoms with Gasteiger partial charge >= 0.3 is 0 Å². The van der Waals surface area contributed by atoms with Crippen LogP contribution in [0.15, 0.2) is 12.1 Å². The first-order valence-electron chi connectivity index (χ1n) is 6.25.